The third kappa shape index (κ3) is 6.39. The molecule has 2 aliphatic carbocycles. The minimum Gasteiger partial charge on any atom is -0.414 e. The number of piperidine rings is 1. The normalized spacial score (nSPS) is 35.5. The molecule has 0 aromatic heterocycles. The van der Waals surface area contributed by atoms with Crippen LogP contribution >= 0.6 is 12.4 Å². The molecule has 0 spiro atoms. The van der Waals surface area contributed by atoms with Crippen molar-refractivity contribution in [3.05, 3.63) is 12.7 Å². The molecular formula is C29H51ClN2O9. The lowest BCUT2D eigenvalue weighted by molar-refractivity contribution is -0.365. The smallest absolute Gasteiger partial charge is 0.414 e. The molecule has 0 aromatic rings. The van der Waals surface area contributed by atoms with E-state index in [9.17, 15) is 29.7 Å². The number of Topliss-reactive ketones (excluding diaryl/α,β-unsaturated/α-hetero) is 1. The highest BCUT2D eigenvalue weighted by molar-refractivity contribution is 5.89. The van der Waals surface area contributed by atoms with Gasteiger partial charge in [0.1, 0.15) is 5.60 Å². The number of ketones is 1. The van der Waals surface area contributed by atoms with E-state index >= 15 is 0 Å². The molecule has 238 valence electrons. The second-order valence-corrected chi connectivity index (χ2v) is 13.2. The van der Waals surface area contributed by atoms with Crippen molar-refractivity contribution in [3.8, 4) is 0 Å². The van der Waals surface area contributed by atoms with Crippen molar-refractivity contribution in [1.82, 2.24) is 9.96 Å². The Kier molecular flexibility index (Phi) is 11.9. The zero-order valence-corrected chi connectivity index (χ0v) is 26.3. The first-order valence-electron chi connectivity index (χ1n) is 14.2. The SMILES string of the molecule is C=C[C@@H](C)CC(=O)[C@]1(O)[C@@H](C)C[C@H](O)[C@H]2C(C)(C)CC[C@](O)(OC(=O)N(C)OC(=O)N3CCC(C)CC3)[C@@]21C.Cl.O. The highest BCUT2D eigenvalue weighted by Gasteiger charge is 2.76. The fraction of sp³-hybridized carbons (Fsp3) is 0.828. The van der Waals surface area contributed by atoms with E-state index < -0.39 is 58.1 Å². The van der Waals surface area contributed by atoms with Gasteiger partial charge in [0.2, 0.25) is 5.79 Å². The van der Waals surface area contributed by atoms with Gasteiger partial charge in [0.05, 0.1) is 18.6 Å². The lowest BCUT2D eigenvalue weighted by Crippen LogP contribution is -2.78. The number of hydrogen-bond acceptors (Lipinski definition) is 8. The second-order valence-electron chi connectivity index (χ2n) is 13.2. The molecular weight excluding hydrogens is 556 g/mol. The number of amides is 2. The van der Waals surface area contributed by atoms with Crippen LogP contribution in [0.15, 0.2) is 12.7 Å². The number of aliphatic hydroxyl groups is 3. The number of hydroxylamine groups is 2. The van der Waals surface area contributed by atoms with Gasteiger partial charge >= 0.3 is 12.2 Å². The maximum absolute atomic E-state index is 13.8. The molecule has 5 N–H and O–H groups in total. The lowest BCUT2D eigenvalue weighted by atomic mass is 9.41. The van der Waals surface area contributed by atoms with Crippen molar-refractivity contribution >= 4 is 30.4 Å². The van der Waals surface area contributed by atoms with Crippen molar-refractivity contribution in [2.45, 2.75) is 97.6 Å². The number of fused-ring (bicyclic) bond motifs is 1. The van der Waals surface area contributed by atoms with Crippen LogP contribution in [0.1, 0.15) is 80.1 Å². The third-order valence-corrected chi connectivity index (χ3v) is 9.97. The predicted octanol–water partition coefficient (Wildman–Crippen LogP) is 3.48. The zero-order chi connectivity index (χ0) is 29.6. The molecule has 0 radical (unpaired) electrons. The van der Waals surface area contributed by atoms with Gasteiger partial charge in [0.15, 0.2) is 5.78 Å². The van der Waals surface area contributed by atoms with Crippen molar-refractivity contribution in [2.75, 3.05) is 20.1 Å². The first-order chi connectivity index (χ1) is 17.9. The van der Waals surface area contributed by atoms with Crippen LogP contribution in [0.4, 0.5) is 9.59 Å². The van der Waals surface area contributed by atoms with E-state index in [1.165, 1.54) is 18.9 Å². The number of allylic oxidation sites excluding steroid dienone is 1. The minimum absolute atomic E-state index is 0. The van der Waals surface area contributed by atoms with Crippen LogP contribution in [0.5, 0.6) is 0 Å². The maximum Gasteiger partial charge on any atom is 0.445 e. The van der Waals surface area contributed by atoms with E-state index in [0.717, 1.165) is 12.8 Å². The van der Waals surface area contributed by atoms with Crippen molar-refractivity contribution in [3.63, 3.8) is 0 Å². The monoisotopic (exact) mass is 606 g/mol. The summed E-state index contributed by atoms with van der Waals surface area (Å²) in [7, 11) is 1.21. The van der Waals surface area contributed by atoms with Gasteiger partial charge in [-0.1, -0.05) is 40.7 Å². The lowest BCUT2D eigenvalue weighted by Gasteiger charge is -2.67. The largest absolute Gasteiger partial charge is 0.445 e. The van der Waals surface area contributed by atoms with E-state index in [1.807, 2.05) is 13.8 Å². The standard InChI is InChI=1S/C29H48N2O8.ClH.H2O/c1-9-18(2)16-22(33)29(37)20(4)17-21(32)23-26(5,6)12-13-28(36,27(23,29)7)38-24(34)30(8)39-25(35)31-14-10-19(3)11-15-31;;/h9,18-21,23,32,36-37H,1,10-17H2,2-8H3;1H;1H2/t18-,20+,21+,23+,27-,28+,29-;;/m1../s1. The molecule has 3 fully saturated rings. The Balaban J connectivity index is 0.00000420. The summed E-state index contributed by atoms with van der Waals surface area (Å²) in [4.78, 5) is 46.4. The van der Waals surface area contributed by atoms with Crippen LogP contribution in [-0.2, 0) is 14.4 Å². The molecule has 0 aromatic carbocycles. The molecule has 2 amide bonds. The van der Waals surface area contributed by atoms with Crippen molar-refractivity contribution in [1.29, 1.82) is 0 Å². The van der Waals surface area contributed by atoms with Crippen LogP contribution in [0, 0.1) is 34.5 Å². The van der Waals surface area contributed by atoms with Gasteiger partial charge in [-0.25, -0.2) is 9.59 Å². The molecule has 1 saturated heterocycles. The number of carbonyl (C=O) groups is 3. The molecule has 0 bridgehead atoms. The molecule has 7 atom stereocenters. The molecule has 2 saturated carbocycles. The van der Waals surface area contributed by atoms with Gasteiger partial charge in [-0.3, -0.25) is 4.79 Å². The Labute approximate surface area is 249 Å². The van der Waals surface area contributed by atoms with E-state index in [4.69, 9.17) is 9.57 Å². The van der Waals surface area contributed by atoms with Crippen LogP contribution in [0.3, 0.4) is 0 Å². The fourth-order valence-electron chi connectivity index (χ4n) is 7.42. The Hall–Kier alpha value is -1.92. The predicted molar refractivity (Wildman–Crippen MR) is 155 cm³/mol. The van der Waals surface area contributed by atoms with Crippen molar-refractivity contribution in [2.24, 2.45) is 34.5 Å². The number of ether oxygens (including phenoxy) is 1. The number of likely N-dealkylation sites (tertiary alicyclic amines) is 1. The van der Waals surface area contributed by atoms with Crippen LogP contribution in [0.2, 0.25) is 0 Å². The summed E-state index contributed by atoms with van der Waals surface area (Å²) >= 11 is 0. The quantitative estimate of drug-likeness (QED) is 0.243. The highest BCUT2D eigenvalue weighted by Crippen LogP contribution is 2.66. The van der Waals surface area contributed by atoms with Gasteiger partial charge in [0.25, 0.3) is 0 Å². The van der Waals surface area contributed by atoms with Gasteiger partial charge < -0.3 is 35.3 Å². The molecule has 3 aliphatic rings. The van der Waals surface area contributed by atoms with Gasteiger partial charge in [0, 0.05) is 31.8 Å². The number of hydrogen-bond donors (Lipinski definition) is 3. The van der Waals surface area contributed by atoms with Crippen LogP contribution in [-0.4, -0.2) is 86.4 Å². The highest BCUT2D eigenvalue weighted by atomic mass is 35.5. The number of aliphatic hydroxyl groups excluding tert-OH is 1. The summed E-state index contributed by atoms with van der Waals surface area (Å²) in [6.07, 6.45) is 0.851. The van der Waals surface area contributed by atoms with Gasteiger partial charge in [-0.05, 0) is 55.8 Å². The van der Waals surface area contributed by atoms with E-state index in [0.29, 0.717) is 30.5 Å². The van der Waals surface area contributed by atoms with Gasteiger partial charge in [-0.15, -0.1) is 24.0 Å². The number of nitrogens with zero attached hydrogens (tertiary/aromatic N) is 2. The summed E-state index contributed by atoms with van der Waals surface area (Å²) < 4.78 is 5.69. The maximum atomic E-state index is 13.8. The summed E-state index contributed by atoms with van der Waals surface area (Å²) in [6.45, 7) is 15.7. The third-order valence-electron chi connectivity index (χ3n) is 9.97. The van der Waals surface area contributed by atoms with E-state index in [2.05, 4.69) is 13.5 Å². The number of halogens is 1. The summed E-state index contributed by atoms with van der Waals surface area (Å²) in [5, 5.41) is 36.4. The van der Waals surface area contributed by atoms with Crippen LogP contribution in [0.25, 0.3) is 0 Å². The summed E-state index contributed by atoms with van der Waals surface area (Å²) in [5.74, 6) is -4.12. The Bertz CT molecular complexity index is 972. The Morgan fingerprint density at radius 1 is 1.12 bits per heavy atom. The molecule has 0 unspecified atom stereocenters. The first-order valence-corrected chi connectivity index (χ1v) is 14.2. The molecule has 11 nitrogen and oxygen atoms in total. The zero-order valence-electron chi connectivity index (χ0n) is 25.5. The minimum atomic E-state index is -2.34. The Morgan fingerprint density at radius 3 is 2.22 bits per heavy atom. The molecule has 1 heterocycles. The van der Waals surface area contributed by atoms with Crippen molar-refractivity contribution < 1.29 is 44.8 Å². The molecule has 1 aliphatic heterocycles. The Morgan fingerprint density at radius 2 is 1.68 bits per heavy atom. The summed E-state index contributed by atoms with van der Waals surface area (Å²) in [5.41, 5.74) is -4.50. The average molecular weight is 607 g/mol. The average Bonchev–Trinajstić information content (AvgIpc) is 2.85. The number of carbonyl (C=O) groups excluding carboxylic acids is 3. The topological polar surface area (TPSA) is 168 Å². The molecule has 41 heavy (non-hydrogen) atoms. The van der Waals surface area contributed by atoms with E-state index in [1.54, 1.807) is 19.9 Å². The molecule has 3 rings (SSSR count). The van der Waals surface area contributed by atoms with E-state index in [-0.39, 0.29) is 43.1 Å². The van der Waals surface area contributed by atoms with Gasteiger partial charge in [-0.2, -0.15) is 0 Å². The number of rotatable bonds is 5. The second kappa shape index (κ2) is 13.2. The first kappa shape index (κ1) is 37.1. The molecule has 12 heteroatoms. The van der Waals surface area contributed by atoms with Crippen LogP contribution < -0.4 is 0 Å². The fourth-order valence-corrected chi connectivity index (χ4v) is 7.42. The summed E-state index contributed by atoms with van der Waals surface area (Å²) in [6, 6.07) is 0.